The molecule has 0 aliphatic heterocycles. The van der Waals surface area contributed by atoms with Crippen LogP contribution in [0.15, 0.2) is 376 Å². The quantitative estimate of drug-likeness (QED) is 0.119. The molecule has 0 aliphatic rings. The number of para-hydroxylation sites is 4. The lowest BCUT2D eigenvalue weighted by Gasteiger charge is -2.14. The average molecular weight is 1470 g/mol. The van der Waals surface area contributed by atoms with E-state index in [9.17, 15) is 0 Å². The second kappa shape index (κ2) is 27.9. The Morgan fingerprint density at radius 3 is 1.03 bits per heavy atom. The van der Waals surface area contributed by atoms with Crippen LogP contribution >= 0.6 is 22.7 Å². The number of pyridine rings is 2. The molecule has 0 bridgehead atoms. The molecule has 0 unspecified atom stereocenters. The molecule has 10 nitrogen and oxygen atoms in total. The standard InChI is InChI=1S/2C50H31N5S/c1-5-16-32(17-6-1)35-28-41(50-53-48(33-18-7-2-8-19-33)52-49(54-50)34-20-9-3-10-21-34)47(51-31-35)38-25-15-27-44-46(38)40-29-43-39(30-45(40)56-44)37-24-13-14-26-42(37)55(43)36-22-11-4-12-23-36;1-5-15-32(16-6-1)36-28-42(50-53-48(33-17-7-2-8-18-33)52-49(54-50)34-19-9-3-10-20-34)47(51-31-36)35-25-26-45-40(27-35)41-29-44-39(30-46(41)56-45)38-23-13-14-24-43(38)55(44)37-21-11-4-12-22-37/h2*1-31H. The zero-order valence-electron chi connectivity index (χ0n) is 60.1. The van der Waals surface area contributed by atoms with E-state index in [1.165, 1.54) is 84.0 Å². The Bertz CT molecular complexity index is 7220. The third-order valence-electron chi connectivity index (χ3n) is 21.0. The summed E-state index contributed by atoms with van der Waals surface area (Å²) in [5.41, 5.74) is 20.2. The van der Waals surface area contributed by atoms with Crippen molar-refractivity contribution in [3.05, 3.63) is 376 Å². The first kappa shape index (κ1) is 65.7. The highest BCUT2D eigenvalue weighted by Crippen LogP contribution is 2.48. The second-order valence-electron chi connectivity index (χ2n) is 27.7. The van der Waals surface area contributed by atoms with Crippen molar-refractivity contribution in [1.82, 2.24) is 49.0 Å². The predicted octanol–water partition coefficient (Wildman–Crippen LogP) is 26.1. The minimum absolute atomic E-state index is 0.570. The van der Waals surface area contributed by atoms with Gasteiger partial charge in [0.1, 0.15) is 0 Å². The molecule has 22 aromatic rings. The lowest BCUT2D eigenvalue weighted by atomic mass is 9.96. The normalized spacial score (nSPS) is 11.6. The van der Waals surface area contributed by atoms with Gasteiger partial charge in [0, 0.05) is 141 Å². The summed E-state index contributed by atoms with van der Waals surface area (Å²) in [5.74, 6) is 3.59. The van der Waals surface area contributed by atoms with Crippen LogP contribution in [0.1, 0.15) is 0 Å². The van der Waals surface area contributed by atoms with Crippen LogP contribution in [0.4, 0.5) is 0 Å². The second-order valence-corrected chi connectivity index (χ2v) is 29.9. The van der Waals surface area contributed by atoms with Gasteiger partial charge in [-0.3, -0.25) is 9.97 Å². The maximum atomic E-state index is 5.30. The predicted molar refractivity (Wildman–Crippen MR) is 464 cm³/mol. The highest BCUT2D eigenvalue weighted by atomic mass is 32.1. The summed E-state index contributed by atoms with van der Waals surface area (Å²) in [6, 6.07) is 127. The van der Waals surface area contributed by atoms with Crippen molar-refractivity contribution >= 4 is 107 Å². The Balaban J connectivity index is 0.000000141. The Labute approximate surface area is 652 Å². The summed E-state index contributed by atoms with van der Waals surface area (Å²) < 4.78 is 9.69. The van der Waals surface area contributed by atoms with E-state index in [1.54, 1.807) is 0 Å². The number of hydrogen-bond donors (Lipinski definition) is 0. The van der Waals surface area contributed by atoms with Crippen LogP contribution in [0.3, 0.4) is 0 Å². The van der Waals surface area contributed by atoms with Gasteiger partial charge in [-0.25, -0.2) is 29.9 Å². The highest BCUT2D eigenvalue weighted by Gasteiger charge is 2.25. The van der Waals surface area contributed by atoms with Gasteiger partial charge >= 0.3 is 0 Å². The van der Waals surface area contributed by atoms with Gasteiger partial charge in [0.2, 0.25) is 0 Å². The van der Waals surface area contributed by atoms with Crippen molar-refractivity contribution in [2.45, 2.75) is 0 Å². The maximum absolute atomic E-state index is 5.30. The van der Waals surface area contributed by atoms with E-state index in [0.29, 0.717) is 34.9 Å². The molecule has 112 heavy (non-hydrogen) atoms. The Morgan fingerprint density at radius 2 is 0.562 bits per heavy atom. The lowest BCUT2D eigenvalue weighted by Crippen LogP contribution is -2.02. The molecule has 12 heteroatoms. The van der Waals surface area contributed by atoms with Crippen LogP contribution < -0.4 is 0 Å². The van der Waals surface area contributed by atoms with Crippen LogP contribution in [0, 0.1) is 0 Å². The fourth-order valence-corrected chi connectivity index (χ4v) is 18.0. The van der Waals surface area contributed by atoms with E-state index in [-0.39, 0.29) is 0 Å². The molecule has 22 rings (SSSR count). The molecule has 0 spiro atoms. The van der Waals surface area contributed by atoms with Crippen molar-refractivity contribution in [2.75, 3.05) is 0 Å². The van der Waals surface area contributed by atoms with Crippen molar-refractivity contribution in [3.8, 4) is 124 Å². The summed E-state index contributed by atoms with van der Waals surface area (Å²) >= 11 is 3.65. The first-order valence-corrected chi connectivity index (χ1v) is 38.9. The van der Waals surface area contributed by atoms with E-state index < -0.39 is 0 Å². The number of thiophene rings is 2. The Hall–Kier alpha value is -14.6. The molecular weight excluding hydrogens is 1410 g/mol. The zero-order chi connectivity index (χ0) is 74.0. The summed E-state index contributed by atoms with van der Waals surface area (Å²) in [6.07, 6.45) is 3.94. The summed E-state index contributed by atoms with van der Waals surface area (Å²) in [5, 5.41) is 9.76. The molecule has 0 radical (unpaired) electrons. The van der Waals surface area contributed by atoms with Crippen LogP contribution in [0.2, 0.25) is 0 Å². The number of benzene rings is 14. The Kier molecular flexibility index (Phi) is 16.4. The molecular formula is C100H62N10S2. The number of fused-ring (bicyclic) bond motifs is 12. The first-order valence-electron chi connectivity index (χ1n) is 37.3. The Morgan fingerprint density at radius 1 is 0.196 bits per heavy atom. The van der Waals surface area contributed by atoms with E-state index >= 15 is 0 Å². The monoisotopic (exact) mass is 1470 g/mol. The van der Waals surface area contributed by atoms with Crippen LogP contribution in [-0.4, -0.2) is 49.0 Å². The smallest absolute Gasteiger partial charge is 0.166 e. The summed E-state index contributed by atoms with van der Waals surface area (Å²) in [4.78, 5) is 41.2. The number of rotatable bonds is 12. The van der Waals surface area contributed by atoms with Gasteiger partial charge < -0.3 is 9.13 Å². The molecule has 14 aromatic carbocycles. The topological polar surface area (TPSA) is 113 Å². The van der Waals surface area contributed by atoms with Crippen molar-refractivity contribution in [3.63, 3.8) is 0 Å². The molecule has 8 aromatic heterocycles. The molecule has 0 atom stereocenters. The molecule has 524 valence electrons. The molecule has 8 heterocycles. The van der Waals surface area contributed by atoms with Crippen molar-refractivity contribution < 1.29 is 0 Å². The molecule has 0 saturated heterocycles. The van der Waals surface area contributed by atoms with Gasteiger partial charge in [0.25, 0.3) is 0 Å². The molecule has 0 amide bonds. The van der Waals surface area contributed by atoms with Crippen molar-refractivity contribution in [1.29, 1.82) is 0 Å². The number of aromatic nitrogens is 10. The summed E-state index contributed by atoms with van der Waals surface area (Å²) in [6.45, 7) is 0. The van der Waals surface area contributed by atoms with Gasteiger partial charge in [-0.2, -0.15) is 0 Å². The van der Waals surface area contributed by atoms with E-state index in [4.69, 9.17) is 39.9 Å². The minimum Gasteiger partial charge on any atom is -0.309 e. The van der Waals surface area contributed by atoms with Gasteiger partial charge in [0.15, 0.2) is 34.9 Å². The number of hydrogen-bond acceptors (Lipinski definition) is 10. The fourth-order valence-electron chi connectivity index (χ4n) is 15.7. The van der Waals surface area contributed by atoms with Gasteiger partial charge in [-0.1, -0.05) is 273 Å². The van der Waals surface area contributed by atoms with Gasteiger partial charge in [-0.15, -0.1) is 22.7 Å². The first-order chi connectivity index (χ1) is 55.5. The average Bonchev–Trinajstić information content (AvgIpc) is 1.54. The van der Waals surface area contributed by atoms with E-state index in [0.717, 1.165) is 89.5 Å². The maximum Gasteiger partial charge on any atom is 0.166 e. The summed E-state index contributed by atoms with van der Waals surface area (Å²) in [7, 11) is 0. The van der Waals surface area contributed by atoms with Crippen LogP contribution in [-0.2, 0) is 0 Å². The number of nitrogens with zero attached hydrogens (tertiary/aromatic N) is 10. The van der Waals surface area contributed by atoms with Gasteiger partial charge in [-0.05, 0) is 102 Å². The highest BCUT2D eigenvalue weighted by molar-refractivity contribution is 7.26. The fraction of sp³-hybridized carbons (Fsp3) is 0. The van der Waals surface area contributed by atoms with E-state index in [1.807, 2.05) is 169 Å². The molecule has 0 fully saturated rings. The molecule has 0 saturated carbocycles. The van der Waals surface area contributed by atoms with Crippen LogP contribution in [0.5, 0.6) is 0 Å². The van der Waals surface area contributed by atoms with E-state index in [2.05, 4.69) is 240 Å². The molecule has 0 aliphatic carbocycles. The largest absolute Gasteiger partial charge is 0.309 e. The zero-order valence-corrected chi connectivity index (χ0v) is 61.7. The van der Waals surface area contributed by atoms with Gasteiger partial charge in [0.05, 0.1) is 33.5 Å². The minimum atomic E-state index is 0.570. The SMILES string of the molecule is c1ccc(-c2cnc(-c3ccc4sc5cc6c7ccccc7n(-c7ccccc7)c6cc5c4c3)c(-c3nc(-c4ccccc4)nc(-c4ccccc4)n3)c2)cc1.c1ccc(-c2cnc(-c3cccc4sc5cc6c7ccccc7n(-c7ccccc7)c6cc5c34)c(-c3nc(-c4ccccc4)nc(-c4ccccc4)n3)c2)cc1. The van der Waals surface area contributed by atoms with Crippen LogP contribution in [0.25, 0.3) is 208 Å². The van der Waals surface area contributed by atoms with Crippen molar-refractivity contribution in [2.24, 2.45) is 0 Å². The lowest BCUT2D eigenvalue weighted by molar-refractivity contribution is 1.07. The molecule has 0 N–H and O–H groups in total. The third-order valence-corrected chi connectivity index (χ3v) is 23.2. The third kappa shape index (κ3) is 11.8.